The Balaban J connectivity index is 1.93. The first-order valence-corrected chi connectivity index (χ1v) is 6.85. The van der Waals surface area contributed by atoms with Crippen molar-refractivity contribution in [3.05, 3.63) is 35.7 Å². The van der Waals surface area contributed by atoms with Crippen molar-refractivity contribution >= 4 is 5.82 Å². The maximum absolute atomic E-state index is 13.9. The molecule has 2 aromatic heterocycles. The Morgan fingerprint density at radius 3 is 2.85 bits per heavy atom. The highest BCUT2D eigenvalue weighted by atomic mass is 19.1. The zero-order valence-electron chi connectivity index (χ0n) is 11.2. The molecule has 2 heterocycles. The highest BCUT2D eigenvalue weighted by Crippen LogP contribution is 2.39. The second-order valence-corrected chi connectivity index (χ2v) is 5.01. The van der Waals surface area contributed by atoms with Gasteiger partial charge in [0.25, 0.3) is 0 Å². The average Bonchev–Trinajstić information content (AvgIpc) is 3.17. The molecule has 1 fully saturated rings. The average molecular weight is 278 g/mol. The third kappa shape index (κ3) is 2.50. The van der Waals surface area contributed by atoms with Gasteiger partial charge in [0, 0.05) is 24.7 Å². The van der Waals surface area contributed by atoms with E-state index in [1.807, 2.05) is 13.0 Å². The lowest BCUT2D eigenvalue weighted by Crippen LogP contribution is -2.10. The normalized spacial score (nSPS) is 14.6. The molecule has 1 N–H and O–H groups in total. The second kappa shape index (κ2) is 5.19. The third-order valence-electron chi connectivity index (χ3n) is 3.28. The fourth-order valence-electron chi connectivity index (χ4n) is 2.04. The van der Waals surface area contributed by atoms with Crippen LogP contribution in [0.5, 0.6) is 0 Å². The van der Waals surface area contributed by atoms with Crippen LogP contribution in [0.25, 0.3) is 5.82 Å². The number of hydrogen-bond donors (Lipinski definition) is 1. The van der Waals surface area contributed by atoms with Crippen LogP contribution in [0.15, 0.2) is 18.3 Å². The number of pyridine rings is 1. The van der Waals surface area contributed by atoms with E-state index < -0.39 is 11.6 Å². The number of hydrogen-bond acceptors (Lipinski definition) is 3. The zero-order valence-corrected chi connectivity index (χ0v) is 11.2. The lowest BCUT2D eigenvalue weighted by molar-refractivity contribution is 0.562. The second-order valence-electron chi connectivity index (χ2n) is 5.01. The molecule has 0 radical (unpaired) electrons. The number of halogens is 2. The van der Waals surface area contributed by atoms with E-state index in [0.717, 1.165) is 31.0 Å². The predicted molar refractivity (Wildman–Crippen MR) is 72.0 cm³/mol. The molecule has 0 aliphatic heterocycles. The van der Waals surface area contributed by atoms with E-state index in [9.17, 15) is 8.78 Å². The molecule has 0 bridgehead atoms. The van der Waals surface area contributed by atoms with Crippen LogP contribution in [0.2, 0.25) is 0 Å². The molecule has 2 aromatic rings. The maximum Gasteiger partial charge on any atom is 0.191 e. The molecule has 1 saturated carbocycles. The first-order valence-electron chi connectivity index (χ1n) is 6.85. The van der Waals surface area contributed by atoms with E-state index >= 15 is 0 Å². The number of nitrogens with one attached hydrogen (secondary N) is 1. The van der Waals surface area contributed by atoms with Gasteiger partial charge in [0.15, 0.2) is 23.3 Å². The van der Waals surface area contributed by atoms with Gasteiger partial charge >= 0.3 is 0 Å². The van der Waals surface area contributed by atoms with E-state index in [0.29, 0.717) is 12.5 Å². The molecule has 0 aromatic carbocycles. The van der Waals surface area contributed by atoms with Crippen molar-refractivity contribution in [2.24, 2.45) is 0 Å². The summed E-state index contributed by atoms with van der Waals surface area (Å²) in [6, 6.07) is 2.71. The van der Waals surface area contributed by atoms with Crippen molar-refractivity contribution in [3.8, 4) is 5.82 Å². The number of aromatic nitrogens is 3. The highest BCUT2D eigenvalue weighted by molar-refractivity contribution is 5.42. The topological polar surface area (TPSA) is 42.7 Å². The summed E-state index contributed by atoms with van der Waals surface area (Å²) in [6.45, 7) is 2.55. The van der Waals surface area contributed by atoms with Gasteiger partial charge in [-0.15, -0.1) is 0 Å². The minimum absolute atomic E-state index is 0.0249. The van der Waals surface area contributed by atoms with Crippen LogP contribution in [-0.4, -0.2) is 21.3 Å². The molecule has 0 amide bonds. The van der Waals surface area contributed by atoms with Gasteiger partial charge in [-0.2, -0.15) is 5.10 Å². The number of nitrogens with zero attached hydrogens (tertiary/aromatic N) is 3. The van der Waals surface area contributed by atoms with Gasteiger partial charge < -0.3 is 5.32 Å². The quantitative estimate of drug-likeness (QED) is 0.913. The summed E-state index contributed by atoms with van der Waals surface area (Å²) in [7, 11) is 0. The van der Waals surface area contributed by atoms with E-state index in [-0.39, 0.29) is 11.6 Å². The lowest BCUT2D eigenvalue weighted by Gasteiger charge is -2.08. The molecule has 0 saturated heterocycles. The van der Waals surface area contributed by atoms with Crippen LogP contribution in [-0.2, 0) is 0 Å². The van der Waals surface area contributed by atoms with Crippen LogP contribution in [0.1, 0.15) is 37.8 Å². The van der Waals surface area contributed by atoms with Crippen molar-refractivity contribution in [2.75, 3.05) is 11.9 Å². The molecular formula is C14H16F2N4. The summed E-state index contributed by atoms with van der Waals surface area (Å²) < 4.78 is 28.9. The SMILES string of the molecule is CCCNc1nc(-n2ccc(C3CC3)n2)c(F)cc1F. The maximum atomic E-state index is 13.9. The first kappa shape index (κ1) is 13.0. The number of rotatable bonds is 5. The summed E-state index contributed by atoms with van der Waals surface area (Å²) in [6.07, 6.45) is 4.75. The van der Waals surface area contributed by atoms with Crippen LogP contribution in [0, 0.1) is 11.6 Å². The molecule has 4 nitrogen and oxygen atoms in total. The summed E-state index contributed by atoms with van der Waals surface area (Å²) in [5.41, 5.74) is 0.943. The smallest absolute Gasteiger partial charge is 0.191 e. The van der Waals surface area contributed by atoms with Gasteiger partial charge in [-0.1, -0.05) is 6.92 Å². The summed E-state index contributed by atoms with van der Waals surface area (Å²) >= 11 is 0. The molecule has 1 aliphatic rings. The fourth-order valence-corrected chi connectivity index (χ4v) is 2.04. The Morgan fingerprint density at radius 2 is 2.15 bits per heavy atom. The molecule has 0 spiro atoms. The van der Waals surface area contributed by atoms with E-state index in [4.69, 9.17) is 0 Å². The van der Waals surface area contributed by atoms with Crippen molar-refractivity contribution in [1.29, 1.82) is 0 Å². The van der Waals surface area contributed by atoms with Crippen molar-refractivity contribution in [2.45, 2.75) is 32.1 Å². The molecule has 20 heavy (non-hydrogen) atoms. The molecule has 0 atom stereocenters. The molecule has 1 aliphatic carbocycles. The Kier molecular flexibility index (Phi) is 3.38. The van der Waals surface area contributed by atoms with Crippen LogP contribution in [0.4, 0.5) is 14.6 Å². The minimum Gasteiger partial charge on any atom is -0.368 e. The summed E-state index contributed by atoms with van der Waals surface area (Å²) in [4.78, 5) is 4.01. The Morgan fingerprint density at radius 1 is 1.35 bits per heavy atom. The summed E-state index contributed by atoms with van der Waals surface area (Å²) in [5, 5.41) is 7.17. The van der Waals surface area contributed by atoms with Gasteiger partial charge in [-0.3, -0.25) is 0 Å². The molecule has 106 valence electrons. The van der Waals surface area contributed by atoms with Crippen molar-refractivity contribution < 1.29 is 8.78 Å². The van der Waals surface area contributed by atoms with Gasteiger partial charge in [0.05, 0.1) is 5.69 Å². The van der Waals surface area contributed by atoms with Gasteiger partial charge in [0.2, 0.25) is 0 Å². The number of anilines is 1. The predicted octanol–water partition coefficient (Wildman–Crippen LogP) is 3.24. The van der Waals surface area contributed by atoms with Crippen LogP contribution >= 0.6 is 0 Å². The standard InChI is InChI=1S/C14H16F2N4/c1-2-6-17-13-10(15)8-11(16)14(18-13)20-7-5-12(19-20)9-3-4-9/h5,7-9H,2-4,6H2,1H3,(H,17,18). The van der Waals surface area contributed by atoms with Crippen LogP contribution in [0.3, 0.4) is 0 Å². The molecule has 3 rings (SSSR count). The van der Waals surface area contributed by atoms with E-state index in [2.05, 4.69) is 15.4 Å². The monoisotopic (exact) mass is 278 g/mol. The van der Waals surface area contributed by atoms with E-state index in [1.54, 1.807) is 6.20 Å². The molecule has 0 unspecified atom stereocenters. The molecule has 6 heteroatoms. The van der Waals surface area contributed by atoms with Gasteiger partial charge in [0.1, 0.15) is 0 Å². The Hall–Kier alpha value is -1.98. The third-order valence-corrected chi connectivity index (χ3v) is 3.28. The first-order chi connectivity index (χ1) is 9.69. The zero-order chi connectivity index (χ0) is 14.1. The van der Waals surface area contributed by atoms with Crippen molar-refractivity contribution in [3.63, 3.8) is 0 Å². The highest BCUT2D eigenvalue weighted by Gasteiger charge is 2.26. The van der Waals surface area contributed by atoms with Gasteiger partial charge in [-0.25, -0.2) is 18.4 Å². The lowest BCUT2D eigenvalue weighted by atomic mass is 10.3. The molecular weight excluding hydrogens is 262 g/mol. The minimum atomic E-state index is -0.713. The van der Waals surface area contributed by atoms with Crippen LogP contribution < -0.4 is 5.32 Å². The summed E-state index contributed by atoms with van der Waals surface area (Å²) in [5.74, 6) is -0.828. The van der Waals surface area contributed by atoms with Gasteiger partial charge in [-0.05, 0) is 25.3 Å². The Labute approximate surface area is 115 Å². The van der Waals surface area contributed by atoms with E-state index in [1.165, 1.54) is 4.68 Å². The fraction of sp³-hybridized carbons (Fsp3) is 0.429. The largest absolute Gasteiger partial charge is 0.368 e. The Bertz CT molecular complexity index is 620. The van der Waals surface area contributed by atoms with Crippen molar-refractivity contribution in [1.82, 2.24) is 14.8 Å².